The molecule has 0 saturated heterocycles. The molecular weight excluding hydrogens is 400 g/mol. The van der Waals surface area contributed by atoms with Crippen molar-refractivity contribution < 1.29 is 19.1 Å². The van der Waals surface area contributed by atoms with Gasteiger partial charge >= 0.3 is 12.0 Å². The van der Waals surface area contributed by atoms with E-state index in [1.54, 1.807) is 55.7 Å². The van der Waals surface area contributed by atoms with Crippen LogP contribution in [0.1, 0.15) is 36.9 Å². The molecule has 3 amide bonds. The van der Waals surface area contributed by atoms with Crippen LogP contribution in [-0.2, 0) is 14.3 Å². The van der Waals surface area contributed by atoms with E-state index in [1.165, 1.54) is 0 Å². The van der Waals surface area contributed by atoms with Crippen molar-refractivity contribution in [3.8, 4) is 0 Å². The fourth-order valence-electron chi connectivity index (χ4n) is 2.69. The van der Waals surface area contributed by atoms with Crippen LogP contribution in [0.5, 0.6) is 0 Å². The Morgan fingerprint density at radius 3 is 2.55 bits per heavy atom. The molecule has 1 atom stereocenters. The van der Waals surface area contributed by atoms with Gasteiger partial charge in [-0.15, -0.1) is 0 Å². The maximum atomic E-state index is 12.3. The molecule has 2 aromatic rings. The Balaban J connectivity index is 1.82. The molecule has 0 aliphatic rings. The molecule has 0 fully saturated rings. The monoisotopic (exact) mass is 426 g/mol. The number of nitrogens with zero attached hydrogens (tertiary/aromatic N) is 1. The van der Waals surface area contributed by atoms with Gasteiger partial charge < -0.3 is 26.4 Å². The van der Waals surface area contributed by atoms with Crippen LogP contribution in [0.3, 0.4) is 0 Å². The molecule has 0 saturated carbocycles. The van der Waals surface area contributed by atoms with Crippen molar-refractivity contribution in [1.82, 2.24) is 15.6 Å². The van der Waals surface area contributed by atoms with E-state index < -0.39 is 18.0 Å². The number of ether oxygens (including phenoxy) is 1. The molecule has 10 heteroatoms. The summed E-state index contributed by atoms with van der Waals surface area (Å²) in [6.45, 7) is 2.06. The summed E-state index contributed by atoms with van der Waals surface area (Å²) in [6.07, 6.45) is 3.18. The van der Waals surface area contributed by atoms with E-state index in [-0.39, 0.29) is 37.7 Å². The number of rotatable bonds is 10. The third-order valence-corrected chi connectivity index (χ3v) is 4.19. The fourth-order valence-corrected chi connectivity index (χ4v) is 2.69. The van der Waals surface area contributed by atoms with Crippen LogP contribution < -0.4 is 21.7 Å². The van der Waals surface area contributed by atoms with Crippen molar-refractivity contribution in [2.75, 3.05) is 18.5 Å². The first-order valence-electron chi connectivity index (χ1n) is 9.73. The van der Waals surface area contributed by atoms with E-state index in [2.05, 4.69) is 20.9 Å². The second-order valence-electron chi connectivity index (χ2n) is 6.54. The summed E-state index contributed by atoms with van der Waals surface area (Å²) in [5.41, 5.74) is 7.15. The van der Waals surface area contributed by atoms with Crippen molar-refractivity contribution in [3.05, 3.63) is 59.9 Å². The highest BCUT2D eigenvalue weighted by molar-refractivity contribution is 5.96. The van der Waals surface area contributed by atoms with E-state index in [0.29, 0.717) is 16.8 Å². The Morgan fingerprint density at radius 1 is 1.19 bits per heavy atom. The van der Waals surface area contributed by atoms with Crippen LogP contribution in [0.15, 0.2) is 48.8 Å². The first-order chi connectivity index (χ1) is 14.9. The largest absolute Gasteiger partial charge is 0.466 e. The van der Waals surface area contributed by atoms with E-state index in [0.717, 1.165) is 0 Å². The zero-order chi connectivity index (χ0) is 22.6. The highest BCUT2D eigenvalue weighted by Crippen LogP contribution is 2.16. The number of anilines is 1. The summed E-state index contributed by atoms with van der Waals surface area (Å²) in [6, 6.07) is 8.91. The number of esters is 1. The number of aromatic nitrogens is 1. The topological polar surface area (TPSA) is 159 Å². The number of benzene rings is 1. The number of nitrogens with two attached hydrogens (primary N) is 1. The summed E-state index contributed by atoms with van der Waals surface area (Å²) < 4.78 is 4.97. The normalized spacial score (nSPS) is 11.1. The van der Waals surface area contributed by atoms with Crippen LogP contribution in [-0.4, -0.2) is 41.9 Å². The molecule has 1 heterocycles. The predicted octanol–water partition coefficient (Wildman–Crippen LogP) is 1.69. The SMILES string of the molecule is CCOC(=O)CC(NC(=O)CCNC(=O)Nc1ccc(C(=N)N)cc1)c1cccnc1. The lowest BCUT2D eigenvalue weighted by atomic mass is 10.1. The second-order valence-corrected chi connectivity index (χ2v) is 6.54. The maximum absolute atomic E-state index is 12.3. The summed E-state index contributed by atoms with van der Waals surface area (Å²) >= 11 is 0. The first kappa shape index (κ1) is 23.3. The van der Waals surface area contributed by atoms with Crippen LogP contribution in [0.2, 0.25) is 0 Å². The molecule has 0 spiro atoms. The van der Waals surface area contributed by atoms with E-state index in [9.17, 15) is 14.4 Å². The number of carbonyl (C=O) groups excluding carboxylic acids is 3. The third kappa shape index (κ3) is 8.13. The molecule has 1 aromatic heterocycles. The molecule has 0 aliphatic heterocycles. The molecule has 1 aromatic carbocycles. The number of carbonyl (C=O) groups is 3. The van der Waals surface area contributed by atoms with Crippen molar-refractivity contribution in [2.45, 2.75) is 25.8 Å². The summed E-state index contributed by atoms with van der Waals surface area (Å²) in [4.78, 5) is 40.2. The highest BCUT2D eigenvalue weighted by atomic mass is 16.5. The molecule has 1 unspecified atom stereocenters. The lowest BCUT2D eigenvalue weighted by Gasteiger charge is -2.18. The standard InChI is InChI=1S/C21H26N6O4/c1-2-31-19(29)12-17(15-4-3-10-24-13-15)27-18(28)9-11-25-21(30)26-16-7-5-14(6-8-16)20(22)23/h3-8,10,13,17H,2,9,11-12H2,1H3,(H3,22,23)(H,27,28)(H2,25,26,30). The molecule has 0 bridgehead atoms. The first-order valence-corrected chi connectivity index (χ1v) is 9.73. The molecule has 10 nitrogen and oxygen atoms in total. The van der Waals surface area contributed by atoms with Gasteiger partial charge in [0.1, 0.15) is 5.84 Å². The van der Waals surface area contributed by atoms with Crippen LogP contribution in [0.4, 0.5) is 10.5 Å². The van der Waals surface area contributed by atoms with Gasteiger partial charge in [-0.05, 0) is 42.8 Å². The van der Waals surface area contributed by atoms with Crippen molar-refractivity contribution in [3.63, 3.8) is 0 Å². The van der Waals surface area contributed by atoms with Crippen LogP contribution in [0.25, 0.3) is 0 Å². The zero-order valence-corrected chi connectivity index (χ0v) is 17.2. The average Bonchev–Trinajstić information content (AvgIpc) is 2.74. The number of pyridine rings is 1. The van der Waals surface area contributed by atoms with Crippen molar-refractivity contribution >= 4 is 29.4 Å². The average molecular weight is 426 g/mol. The van der Waals surface area contributed by atoms with Gasteiger partial charge in [-0.3, -0.25) is 20.0 Å². The van der Waals surface area contributed by atoms with Gasteiger partial charge in [-0.2, -0.15) is 0 Å². The zero-order valence-electron chi connectivity index (χ0n) is 17.2. The second kappa shape index (κ2) is 11.9. The number of hydrogen-bond acceptors (Lipinski definition) is 6. The van der Waals surface area contributed by atoms with Gasteiger partial charge in [0.05, 0.1) is 19.1 Å². The predicted molar refractivity (Wildman–Crippen MR) is 115 cm³/mol. The Labute approximate surface area is 180 Å². The fraction of sp³-hybridized carbons (Fsp3) is 0.286. The van der Waals surface area contributed by atoms with Crippen molar-refractivity contribution in [2.24, 2.45) is 5.73 Å². The molecule has 6 N–H and O–H groups in total. The number of amides is 3. The molecule has 31 heavy (non-hydrogen) atoms. The van der Waals surface area contributed by atoms with E-state index in [4.69, 9.17) is 15.9 Å². The molecule has 2 rings (SSSR count). The van der Waals surface area contributed by atoms with Gasteiger partial charge in [0.15, 0.2) is 0 Å². The van der Waals surface area contributed by atoms with Crippen molar-refractivity contribution in [1.29, 1.82) is 5.41 Å². The highest BCUT2D eigenvalue weighted by Gasteiger charge is 2.19. The number of hydrogen-bond donors (Lipinski definition) is 5. The number of nitrogens with one attached hydrogen (secondary N) is 4. The van der Waals surface area contributed by atoms with Crippen LogP contribution >= 0.6 is 0 Å². The summed E-state index contributed by atoms with van der Waals surface area (Å²) in [7, 11) is 0. The molecule has 0 aliphatic carbocycles. The third-order valence-electron chi connectivity index (χ3n) is 4.19. The quantitative estimate of drug-likeness (QED) is 0.221. The number of nitrogen functional groups attached to an aromatic ring is 1. The minimum atomic E-state index is -0.575. The Morgan fingerprint density at radius 2 is 1.94 bits per heavy atom. The van der Waals surface area contributed by atoms with Gasteiger partial charge in [-0.25, -0.2) is 4.79 Å². The smallest absolute Gasteiger partial charge is 0.319 e. The lowest BCUT2D eigenvalue weighted by Crippen LogP contribution is -2.35. The van der Waals surface area contributed by atoms with Gasteiger partial charge in [0.2, 0.25) is 5.91 Å². The summed E-state index contributed by atoms with van der Waals surface area (Å²) in [5, 5.41) is 15.3. The minimum absolute atomic E-state index is 0.0184. The Bertz CT molecular complexity index is 902. The van der Waals surface area contributed by atoms with Gasteiger partial charge in [0.25, 0.3) is 0 Å². The van der Waals surface area contributed by atoms with E-state index >= 15 is 0 Å². The summed E-state index contributed by atoms with van der Waals surface area (Å²) in [5.74, 6) is -0.816. The molecule has 0 radical (unpaired) electrons. The number of amidine groups is 1. The number of urea groups is 1. The Kier molecular flexibility index (Phi) is 8.96. The van der Waals surface area contributed by atoms with Crippen LogP contribution in [0, 0.1) is 5.41 Å². The van der Waals surface area contributed by atoms with Gasteiger partial charge in [-0.1, -0.05) is 6.07 Å². The minimum Gasteiger partial charge on any atom is -0.466 e. The molecular formula is C21H26N6O4. The van der Waals surface area contributed by atoms with E-state index in [1.807, 2.05) is 0 Å². The molecule has 164 valence electrons. The van der Waals surface area contributed by atoms with Gasteiger partial charge in [0, 0.05) is 36.6 Å². The lowest BCUT2D eigenvalue weighted by molar-refractivity contribution is -0.143. The maximum Gasteiger partial charge on any atom is 0.319 e. The Hall–Kier alpha value is -3.95.